The summed E-state index contributed by atoms with van der Waals surface area (Å²) >= 11 is 0. The average Bonchev–Trinajstić information content (AvgIpc) is 3.26. The number of ketones is 1. The normalized spacial score (nSPS) is 17.0. The third-order valence-corrected chi connectivity index (χ3v) is 4.90. The molecule has 3 aromatic rings. The minimum absolute atomic E-state index is 0.0516. The van der Waals surface area contributed by atoms with Crippen molar-refractivity contribution in [2.75, 3.05) is 6.54 Å². The zero-order chi connectivity index (χ0) is 18.1. The van der Waals surface area contributed by atoms with Gasteiger partial charge in [0, 0.05) is 37.1 Å². The quantitative estimate of drug-likeness (QED) is 0.668. The second-order valence-electron chi connectivity index (χ2n) is 6.70. The average molecular weight is 348 g/mol. The number of nitrogens with zero attached hydrogens (tertiary/aromatic N) is 2. The lowest BCUT2D eigenvalue weighted by molar-refractivity contribution is 0.0717. The van der Waals surface area contributed by atoms with Gasteiger partial charge in [0.25, 0.3) is 5.91 Å². The smallest absolute Gasteiger partial charge is 0.254 e. The second kappa shape index (κ2) is 6.75. The van der Waals surface area contributed by atoms with E-state index in [0.717, 1.165) is 18.4 Å². The van der Waals surface area contributed by atoms with E-state index < -0.39 is 0 Å². The number of fused-ring (bicyclic) bond motifs is 1. The summed E-state index contributed by atoms with van der Waals surface area (Å²) in [6, 6.07) is 14.5. The van der Waals surface area contributed by atoms with Crippen molar-refractivity contribution in [3.63, 3.8) is 0 Å². The fourth-order valence-corrected chi connectivity index (χ4v) is 3.61. The number of hydrogen-bond acceptors (Lipinski definition) is 4. The van der Waals surface area contributed by atoms with Crippen LogP contribution in [-0.2, 0) is 0 Å². The number of oxazole rings is 1. The van der Waals surface area contributed by atoms with Gasteiger partial charge in [-0.3, -0.25) is 9.59 Å². The lowest BCUT2D eigenvalue weighted by Crippen LogP contribution is -2.36. The molecule has 0 radical (unpaired) electrons. The topological polar surface area (TPSA) is 63.4 Å². The molecule has 0 N–H and O–H groups in total. The third kappa shape index (κ3) is 3.12. The summed E-state index contributed by atoms with van der Waals surface area (Å²) in [7, 11) is 0. The van der Waals surface area contributed by atoms with E-state index in [1.54, 1.807) is 25.1 Å². The van der Waals surface area contributed by atoms with Gasteiger partial charge in [0.05, 0.1) is 0 Å². The monoisotopic (exact) mass is 348 g/mol. The zero-order valence-corrected chi connectivity index (χ0v) is 14.6. The van der Waals surface area contributed by atoms with E-state index >= 15 is 0 Å². The number of benzene rings is 2. The number of hydrogen-bond donors (Lipinski definition) is 0. The van der Waals surface area contributed by atoms with Crippen LogP contribution in [0.3, 0.4) is 0 Å². The molecule has 1 atom stereocenters. The molecule has 1 aromatic heterocycles. The Labute approximate surface area is 151 Å². The van der Waals surface area contributed by atoms with Gasteiger partial charge in [-0.1, -0.05) is 30.3 Å². The van der Waals surface area contributed by atoms with Gasteiger partial charge in [0.15, 0.2) is 17.3 Å². The maximum absolute atomic E-state index is 13.0. The lowest BCUT2D eigenvalue weighted by atomic mass is 10.0. The Kier molecular flexibility index (Phi) is 4.29. The SMILES string of the molecule is Cc1nc2ccc(C(=O)N3CCCC3CC(=O)c3ccccc3)cc2o1. The predicted molar refractivity (Wildman–Crippen MR) is 98.2 cm³/mol. The van der Waals surface area contributed by atoms with Crippen molar-refractivity contribution in [3.05, 3.63) is 65.5 Å². The molecule has 1 aliphatic rings. The van der Waals surface area contributed by atoms with E-state index in [-0.39, 0.29) is 17.7 Å². The van der Waals surface area contributed by atoms with Crippen LogP contribution in [0, 0.1) is 6.92 Å². The molecule has 0 aliphatic carbocycles. The Hall–Kier alpha value is -2.95. The predicted octanol–water partition coefficient (Wildman–Crippen LogP) is 4.01. The van der Waals surface area contributed by atoms with Gasteiger partial charge >= 0.3 is 0 Å². The molecule has 0 saturated carbocycles. The van der Waals surface area contributed by atoms with Crippen LogP contribution in [0.15, 0.2) is 52.9 Å². The number of likely N-dealkylation sites (tertiary alicyclic amines) is 1. The first-order valence-corrected chi connectivity index (χ1v) is 8.88. The molecule has 4 rings (SSSR count). The van der Waals surface area contributed by atoms with Crippen molar-refractivity contribution < 1.29 is 14.0 Å². The van der Waals surface area contributed by atoms with Crippen LogP contribution in [-0.4, -0.2) is 34.2 Å². The van der Waals surface area contributed by atoms with E-state index in [0.29, 0.717) is 35.6 Å². The molecule has 1 fully saturated rings. The van der Waals surface area contributed by atoms with Crippen LogP contribution in [0.2, 0.25) is 0 Å². The Balaban J connectivity index is 1.53. The minimum Gasteiger partial charge on any atom is -0.441 e. The fraction of sp³-hybridized carbons (Fsp3) is 0.286. The molecular weight excluding hydrogens is 328 g/mol. The van der Waals surface area contributed by atoms with Gasteiger partial charge in [-0.2, -0.15) is 0 Å². The first-order chi connectivity index (χ1) is 12.6. The Morgan fingerprint density at radius 1 is 1.15 bits per heavy atom. The molecule has 1 amide bonds. The Morgan fingerprint density at radius 3 is 2.77 bits per heavy atom. The van der Waals surface area contributed by atoms with Crippen LogP contribution >= 0.6 is 0 Å². The highest BCUT2D eigenvalue weighted by atomic mass is 16.3. The molecule has 132 valence electrons. The maximum atomic E-state index is 13.0. The number of aromatic nitrogens is 1. The van der Waals surface area contributed by atoms with Crippen molar-refractivity contribution >= 4 is 22.8 Å². The number of aryl methyl sites for hydroxylation is 1. The lowest BCUT2D eigenvalue weighted by Gasteiger charge is -2.24. The van der Waals surface area contributed by atoms with Gasteiger partial charge < -0.3 is 9.32 Å². The zero-order valence-electron chi connectivity index (χ0n) is 14.6. The standard InChI is InChI=1S/C21H20N2O3/c1-14-22-18-10-9-16(12-20(18)26-14)21(25)23-11-5-8-17(23)13-19(24)15-6-3-2-4-7-15/h2-4,6-7,9-10,12,17H,5,8,11,13H2,1H3. The summed E-state index contributed by atoms with van der Waals surface area (Å²) in [4.78, 5) is 31.6. The van der Waals surface area contributed by atoms with E-state index in [1.807, 2.05) is 35.2 Å². The largest absolute Gasteiger partial charge is 0.441 e. The van der Waals surface area contributed by atoms with Crippen molar-refractivity contribution in [1.29, 1.82) is 0 Å². The number of carbonyl (C=O) groups excluding carboxylic acids is 2. The summed E-state index contributed by atoms with van der Waals surface area (Å²) in [6.07, 6.45) is 2.13. The van der Waals surface area contributed by atoms with E-state index in [1.165, 1.54) is 0 Å². The minimum atomic E-state index is -0.0534. The van der Waals surface area contributed by atoms with Crippen LogP contribution in [0.4, 0.5) is 0 Å². The molecular formula is C21H20N2O3. The molecule has 2 aromatic carbocycles. The van der Waals surface area contributed by atoms with Crippen molar-refractivity contribution in [2.45, 2.75) is 32.2 Å². The fourth-order valence-electron chi connectivity index (χ4n) is 3.61. The molecule has 26 heavy (non-hydrogen) atoms. The van der Waals surface area contributed by atoms with Gasteiger partial charge in [-0.15, -0.1) is 0 Å². The van der Waals surface area contributed by atoms with E-state index in [4.69, 9.17) is 4.42 Å². The second-order valence-corrected chi connectivity index (χ2v) is 6.70. The maximum Gasteiger partial charge on any atom is 0.254 e. The first-order valence-electron chi connectivity index (χ1n) is 8.88. The molecule has 0 spiro atoms. The van der Waals surface area contributed by atoms with Gasteiger partial charge in [-0.05, 0) is 31.0 Å². The van der Waals surface area contributed by atoms with Crippen molar-refractivity contribution in [3.8, 4) is 0 Å². The first kappa shape index (κ1) is 16.5. The number of Topliss-reactive ketones (excluding diaryl/α,β-unsaturated/α-hetero) is 1. The van der Waals surface area contributed by atoms with Crippen LogP contribution in [0.25, 0.3) is 11.1 Å². The summed E-state index contributed by atoms with van der Waals surface area (Å²) < 4.78 is 5.53. The van der Waals surface area contributed by atoms with Crippen LogP contribution < -0.4 is 0 Å². The highest BCUT2D eigenvalue weighted by Gasteiger charge is 2.31. The molecule has 5 heteroatoms. The van der Waals surface area contributed by atoms with Crippen molar-refractivity contribution in [1.82, 2.24) is 9.88 Å². The Morgan fingerprint density at radius 2 is 1.96 bits per heavy atom. The highest BCUT2D eigenvalue weighted by molar-refractivity contribution is 5.99. The van der Waals surface area contributed by atoms with E-state index in [9.17, 15) is 9.59 Å². The molecule has 1 saturated heterocycles. The van der Waals surface area contributed by atoms with E-state index in [2.05, 4.69) is 4.98 Å². The van der Waals surface area contributed by atoms with Crippen LogP contribution in [0.1, 0.15) is 45.9 Å². The molecule has 0 bridgehead atoms. The summed E-state index contributed by atoms with van der Waals surface area (Å²) in [5, 5.41) is 0. The summed E-state index contributed by atoms with van der Waals surface area (Å²) in [5.41, 5.74) is 2.64. The van der Waals surface area contributed by atoms with Gasteiger partial charge in [0.1, 0.15) is 5.52 Å². The van der Waals surface area contributed by atoms with Gasteiger partial charge in [-0.25, -0.2) is 4.98 Å². The molecule has 1 unspecified atom stereocenters. The molecule has 2 heterocycles. The molecule has 1 aliphatic heterocycles. The van der Waals surface area contributed by atoms with Crippen LogP contribution in [0.5, 0.6) is 0 Å². The number of amides is 1. The number of carbonyl (C=O) groups is 2. The van der Waals surface area contributed by atoms with Crippen molar-refractivity contribution in [2.24, 2.45) is 0 Å². The Bertz CT molecular complexity index is 962. The number of rotatable bonds is 4. The summed E-state index contributed by atoms with van der Waals surface area (Å²) in [6.45, 7) is 2.46. The third-order valence-electron chi connectivity index (χ3n) is 4.90. The summed E-state index contributed by atoms with van der Waals surface area (Å²) in [5.74, 6) is 0.609. The van der Waals surface area contributed by atoms with Gasteiger partial charge in [0.2, 0.25) is 0 Å². The molecule has 5 nitrogen and oxygen atoms in total. The highest BCUT2D eigenvalue weighted by Crippen LogP contribution is 2.25.